The summed E-state index contributed by atoms with van der Waals surface area (Å²) in [6, 6.07) is 8.82. The van der Waals surface area contributed by atoms with Gasteiger partial charge in [-0.15, -0.1) is 11.8 Å². The van der Waals surface area contributed by atoms with E-state index in [9.17, 15) is 9.59 Å². The monoisotopic (exact) mass is 386 g/mol. The van der Waals surface area contributed by atoms with Crippen LogP contribution in [0.4, 0.5) is 4.79 Å². The second-order valence-electron chi connectivity index (χ2n) is 6.35. The van der Waals surface area contributed by atoms with Crippen LogP contribution < -0.4 is 10.6 Å². The van der Waals surface area contributed by atoms with E-state index in [4.69, 9.17) is 9.15 Å². The van der Waals surface area contributed by atoms with E-state index < -0.39 is 12.0 Å². The molecule has 1 aromatic heterocycles. The molecule has 0 unspecified atom stereocenters. The first-order chi connectivity index (χ1) is 13.0. The van der Waals surface area contributed by atoms with Crippen molar-refractivity contribution in [3.05, 3.63) is 70.3 Å². The van der Waals surface area contributed by atoms with Crippen LogP contribution in [0.3, 0.4) is 0 Å². The minimum atomic E-state index is -0.551. The highest BCUT2D eigenvalue weighted by atomic mass is 32.2. The van der Waals surface area contributed by atoms with Crippen molar-refractivity contribution in [2.75, 3.05) is 12.9 Å². The van der Waals surface area contributed by atoms with Gasteiger partial charge in [-0.3, -0.25) is 0 Å². The molecular weight excluding hydrogens is 364 g/mol. The Hall–Kier alpha value is -2.67. The SMILES string of the molecule is COC(=O)C1=C(CSCc2ccco2)NC(=O)N[C@@H]1c1cc(C)ccc1C. The molecule has 27 heavy (non-hydrogen) atoms. The fraction of sp³-hybridized carbons (Fsp3) is 0.300. The predicted molar refractivity (Wildman–Crippen MR) is 104 cm³/mol. The van der Waals surface area contributed by atoms with Crippen LogP contribution in [0.15, 0.2) is 52.3 Å². The Bertz CT molecular complexity index is 874. The number of benzene rings is 1. The molecule has 2 N–H and O–H groups in total. The van der Waals surface area contributed by atoms with Gasteiger partial charge < -0.3 is 19.8 Å². The Balaban J connectivity index is 1.94. The standard InChI is InChI=1S/C20H22N2O4S/c1-12-6-7-13(2)15(9-12)18-17(19(23)25-3)16(21-20(24)22-18)11-27-10-14-5-4-8-26-14/h4-9,18H,10-11H2,1-3H3,(H2,21,22,24)/t18-/m1/s1. The van der Waals surface area contributed by atoms with E-state index in [-0.39, 0.29) is 6.03 Å². The average molecular weight is 386 g/mol. The van der Waals surface area contributed by atoms with Gasteiger partial charge in [-0.1, -0.05) is 23.8 Å². The Morgan fingerprint density at radius 2 is 2.07 bits per heavy atom. The van der Waals surface area contributed by atoms with E-state index in [1.54, 1.807) is 18.0 Å². The number of ether oxygens (including phenoxy) is 1. The van der Waals surface area contributed by atoms with Gasteiger partial charge in [0.1, 0.15) is 5.76 Å². The molecule has 2 heterocycles. The van der Waals surface area contributed by atoms with Crippen LogP contribution in [0.1, 0.15) is 28.5 Å². The summed E-state index contributed by atoms with van der Waals surface area (Å²) < 4.78 is 10.3. The summed E-state index contributed by atoms with van der Waals surface area (Å²) in [5, 5.41) is 5.64. The number of furan rings is 1. The topological polar surface area (TPSA) is 80.6 Å². The lowest BCUT2D eigenvalue weighted by atomic mass is 9.91. The lowest BCUT2D eigenvalue weighted by Gasteiger charge is -2.30. The first-order valence-corrected chi connectivity index (χ1v) is 9.71. The first-order valence-electron chi connectivity index (χ1n) is 8.55. The van der Waals surface area contributed by atoms with Crippen molar-refractivity contribution in [3.63, 3.8) is 0 Å². The minimum Gasteiger partial charge on any atom is -0.468 e. The zero-order valence-electron chi connectivity index (χ0n) is 15.5. The third kappa shape index (κ3) is 4.36. The van der Waals surface area contributed by atoms with Gasteiger partial charge >= 0.3 is 12.0 Å². The molecule has 3 rings (SSSR count). The Morgan fingerprint density at radius 1 is 1.26 bits per heavy atom. The first kappa shape index (κ1) is 19.1. The lowest BCUT2D eigenvalue weighted by molar-refractivity contribution is -0.136. The molecule has 0 saturated heterocycles. The number of carbonyl (C=O) groups excluding carboxylic acids is 2. The van der Waals surface area contributed by atoms with Gasteiger partial charge in [-0.05, 0) is 37.1 Å². The quantitative estimate of drug-likeness (QED) is 0.742. The number of rotatable bonds is 6. The molecule has 0 saturated carbocycles. The van der Waals surface area contributed by atoms with E-state index in [0.29, 0.717) is 22.8 Å². The van der Waals surface area contributed by atoms with Crippen LogP contribution in [-0.4, -0.2) is 24.9 Å². The number of aryl methyl sites for hydroxylation is 2. The molecule has 1 atom stereocenters. The summed E-state index contributed by atoms with van der Waals surface area (Å²) in [6.07, 6.45) is 1.62. The van der Waals surface area contributed by atoms with Gasteiger partial charge in [-0.25, -0.2) is 9.59 Å². The molecule has 0 fully saturated rings. The molecule has 0 aliphatic carbocycles. The minimum absolute atomic E-state index is 0.331. The molecule has 0 radical (unpaired) electrons. The van der Waals surface area contributed by atoms with Gasteiger partial charge in [0.2, 0.25) is 0 Å². The lowest BCUT2D eigenvalue weighted by Crippen LogP contribution is -2.46. The number of amides is 2. The number of nitrogens with one attached hydrogen (secondary N) is 2. The molecule has 142 valence electrons. The number of hydrogen-bond acceptors (Lipinski definition) is 5. The predicted octanol–water partition coefficient (Wildman–Crippen LogP) is 3.61. The van der Waals surface area contributed by atoms with E-state index in [1.807, 2.05) is 44.2 Å². The second-order valence-corrected chi connectivity index (χ2v) is 7.33. The van der Waals surface area contributed by atoms with Crippen molar-refractivity contribution in [2.45, 2.75) is 25.6 Å². The van der Waals surface area contributed by atoms with Crippen LogP contribution in [0.25, 0.3) is 0 Å². The van der Waals surface area contributed by atoms with E-state index in [1.165, 1.54) is 7.11 Å². The zero-order chi connectivity index (χ0) is 19.4. The zero-order valence-corrected chi connectivity index (χ0v) is 16.3. The molecule has 0 bridgehead atoms. The van der Waals surface area contributed by atoms with Gasteiger partial charge in [-0.2, -0.15) is 0 Å². The molecule has 2 amide bonds. The normalized spacial score (nSPS) is 16.7. The highest BCUT2D eigenvalue weighted by Crippen LogP contribution is 2.31. The molecule has 1 aliphatic rings. The van der Waals surface area contributed by atoms with Crippen LogP contribution in [-0.2, 0) is 15.3 Å². The number of hydrogen-bond donors (Lipinski definition) is 2. The van der Waals surface area contributed by atoms with Crippen LogP contribution in [0.2, 0.25) is 0 Å². The molecule has 7 heteroatoms. The molecule has 6 nitrogen and oxygen atoms in total. The molecule has 2 aromatic rings. The van der Waals surface area contributed by atoms with Crippen molar-refractivity contribution in [2.24, 2.45) is 0 Å². The third-order valence-electron chi connectivity index (χ3n) is 4.38. The van der Waals surface area contributed by atoms with Gasteiger partial charge in [0.05, 0.1) is 30.7 Å². The Kier molecular flexibility index (Phi) is 5.91. The number of urea groups is 1. The second kappa shape index (κ2) is 8.35. The highest BCUT2D eigenvalue weighted by Gasteiger charge is 2.34. The molecular formula is C20H22N2O4S. The highest BCUT2D eigenvalue weighted by molar-refractivity contribution is 7.98. The average Bonchev–Trinajstić information content (AvgIpc) is 3.16. The number of methoxy groups -OCH3 is 1. The number of thioether (sulfide) groups is 1. The Labute approximate surface area is 162 Å². The van der Waals surface area contributed by atoms with Crippen molar-refractivity contribution in [3.8, 4) is 0 Å². The summed E-state index contributed by atoms with van der Waals surface area (Å²) in [7, 11) is 1.35. The van der Waals surface area contributed by atoms with Gasteiger partial charge in [0.15, 0.2) is 0 Å². The third-order valence-corrected chi connectivity index (χ3v) is 5.36. The van der Waals surface area contributed by atoms with Crippen LogP contribution in [0, 0.1) is 13.8 Å². The summed E-state index contributed by atoms with van der Waals surface area (Å²) in [5.74, 6) is 1.48. The summed E-state index contributed by atoms with van der Waals surface area (Å²) in [4.78, 5) is 24.8. The fourth-order valence-electron chi connectivity index (χ4n) is 3.04. The van der Waals surface area contributed by atoms with Gasteiger partial charge in [0.25, 0.3) is 0 Å². The fourth-order valence-corrected chi connectivity index (χ4v) is 3.93. The molecule has 1 aliphatic heterocycles. The summed E-state index contributed by atoms with van der Waals surface area (Å²) in [5.41, 5.74) is 3.93. The van der Waals surface area contributed by atoms with E-state index >= 15 is 0 Å². The Morgan fingerprint density at radius 3 is 2.78 bits per heavy atom. The smallest absolute Gasteiger partial charge is 0.338 e. The van der Waals surface area contributed by atoms with Crippen LogP contribution in [0.5, 0.6) is 0 Å². The largest absolute Gasteiger partial charge is 0.468 e. The number of carbonyl (C=O) groups is 2. The summed E-state index contributed by atoms with van der Waals surface area (Å²) in [6.45, 7) is 3.94. The van der Waals surface area contributed by atoms with Crippen molar-refractivity contribution in [1.29, 1.82) is 0 Å². The number of esters is 1. The van der Waals surface area contributed by atoms with Gasteiger partial charge in [0, 0.05) is 11.4 Å². The van der Waals surface area contributed by atoms with E-state index in [0.717, 1.165) is 22.5 Å². The maximum atomic E-state index is 12.6. The van der Waals surface area contributed by atoms with Crippen LogP contribution >= 0.6 is 11.8 Å². The van der Waals surface area contributed by atoms with Crippen molar-refractivity contribution in [1.82, 2.24) is 10.6 Å². The maximum absolute atomic E-state index is 12.6. The molecule has 0 spiro atoms. The molecule has 1 aromatic carbocycles. The summed E-state index contributed by atoms with van der Waals surface area (Å²) >= 11 is 1.55. The van der Waals surface area contributed by atoms with Crippen molar-refractivity contribution >= 4 is 23.8 Å². The van der Waals surface area contributed by atoms with Crippen molar-refractivity contribution < 1.29 is 18.7 Å². The maximum Gasteiger partial charge on any atom is 0.338 e. The van der Waals surface area contributed by atoms with E-state index in [2.05, 4.69) is 10.6 Å².